The van der Waals surface area contributed by atoms with Gasteiger partial charge in [-0.3, -0.25) is 19.7 Å². The summed E-state index contributed by atoms with van der Waals surface area (Å²) in [5.74, 6) is -1.06. The van der Waals surface area contributed by atoms with Crippen molar-refractivity contribution in [1.82, 2.24) is 26.6 Å². The number of carbonyl (C=O) groups is 3. The van der Waals surface area contributed by atoms with Crippen molar-refractivity contribution < 1.29 is 19.1 Å². The highest BCUT2D eigenvalue weighted by atomic mass is 127. The van der Waals surface area contributed by atoms with Gasteiger partial charge in [0.1, 0.15) is 24.4 Å². The molecule has 2 aromatic carbocycles. The number of amides is 3. The molecule has 2 aromatic rings. The Hall–Kier alpha value is -3.90. The summed E-state index contributed by atoms with van der Waals surface area (Å²) in [6, 6.07) is 12.9. The number of ether oxygens (including phenoxy) is 1. The third-order valence-corrected chi connectivity index (χ3v) is 7.47. The number of halogens is 1. The van der Waals surface area contributed by atoms with Gasteiger partial charge in [-0.1, -0.05) is 44.2 Å². The smallest absolute Gasteiger partial charge is 0.244 e. The maximum absolute atomic E-state index is 13.6. The number of para-hydroxylation sites is 1. The molecular weight excluding hydrogens is 663 g/mol. The highest BCUT2D eigenvalue weighted by Gasteiger charge is 2.31. The number of nitriles is 1. The van der Waals surface area contributed by atoms with Crippen LogP contribution < -0.4 is 37.1 Å². The molecular formula is C30H39IN8O4. The van der Waals surface area contributed by atoms with E-state index in [1.54, 1.807) is 6.19 Å². The number of carbonyl (C=O) groups excluding carboxylic acids is 3. The van der Waals surface area contributed by atoms with Crippen LogP contribution in [0.5, 0.6) is 5.75 Å². The quantitative estimate of drug-likeness (QED) is 0.0876. The molecule has 43 heavy (non-hydrogen) atoms. The third-order valence-electron chi connectivity index (χ3n) is 6.80. The Bertz CT molecular complexity index is 1330. The third kappa shape index (κ3) is 11.0. The minimum absolute atomic E-state index is 0.182. The van der Waals surface area contributed by atoms with Crippen molar-refractivity contribution in [3.8, 4) is 11.9 Å². The van der Waals surface area contributed by atoms with E-state index < -0.39 is 29.9 Å². The lowest BCUT2D eigenvalue weighted by atomic mass is 10.0. The van der Waals surface area contributed by atoms with E-state index in [-0.39, 0.29) is 24.3 Å². The second-order valence-electron chi connectivity index (χ2n) is 10.4. The van der Waals surface area contributed by atoms with Crippen LogP contribution in [0.3, 0.4) is 0 Å². The monoisotopic (exact) mass is 702 g/mol. The van der Waals surface area contributed by atoms with Gasteiger partial charge in [-0.05, 0) is 77.1 Å². The van der Waals surface area contributed by atoms with Crippen LogP contribution in [0, 0.1) is 20.9 Å². The Morgan fingerprint density at radius 3 is 2.63 bits per heavy atom. The van der Waals surface area contributed by atoms with Gasteiger partial charge in [0, 0.05) is 16.7 Å². The molecule has 0 saturated carbocycles. The Balaban J connectivity index is 1.89. The predicted molar refractivity (Wildman–Crippen MR) is 172 cm³/mol. The number of nitrogens with one attached hydrogen (secondary N) is 5. The molecule has 0 saturated heterocycles. The first-order chi connectivity index (χ1) is 20.7. The van der Waals surface area contributed by atoms with Gasteiger partial charge in [0.2, 0.25) is 23.7 Å². The number of nitrogens with two attached hydrogens (primary N) is 1. The largest absolute Gasteiger partial charge is 0.492 e. The number of fused-ring (bicyclic) bond motifs is 1. The van der Waals surface area contributed by atoms with E-state index in [0.29, 0.717) is 39.0 Å². The minimum atomic E-state index is -1.08. The van der Waals surface area contributed by atoms with E-state index in [4.69, 9.17) is 15.7 Å². The topological polar surface area (TPSA) is 183 Å². The number of guanidine groups is 1. The average Bonchev–Trinajstić information content (AvgIpc) is 2.97. The second kappa shape index (κ2) is 17.3. The molecule has 230 valence electrons. The number of aryl methyl sites for hydroxylation is 1. The van der Waals surface area contributed by atoms with Crippen molar-refractivity contribution in [1.29, 1.82) is 5.26 Å². The second-order valence-corrected chi connectivity index (χ2v) is 11.7. The maximum Gasteiger partial charge on any atom is 0.244 e. The number of benzene rings is 2. The van der Waals surface area contributed by atoms with Crippen LogP contribution in [-0.4, -0.2) is 68.0 Å². The standard InChI is InChI=1S/C30H39IN8O4/c1-19(2)26-29(42)38-24(17-36-30(33)37-18-32)27(40)35-12-6-9-21-8-3-4-11-25(21)43-14-13-34-23(28(41)39-26)16-20-7-5-10-22(31)15-20/h3-5,7-8,10-11,15,19,23-24,26,34H,6,9,12-14,16-17H2,1-2H3,(H,35,40)(H,38,42)(H,39,41)(H3,33,36,37)/t23-,24+,26-/m1/s1. The summed E-state index contributed by atoms with van der Waals surface area (Å²) >= 11 is 2.23. The molecule has 0 spiro atoms. The summed E-state index contributed by atoms with van der Waals surface area (Å²) in [6.07, 6.45) is 3.36. The van der Waals surface area contributed by atoms with Gasteiger partial charge in [0.15, 0.2) is 6.19 Å². The molecule has 12 nitrogen and oxygen atoms in total. The zero-order valence-electron chi connectivity index (χ0n) is 24.4. The first kappa shape index (κ1) is 33.6. The maximum atomic E-state index is 13.6. The summed E-state index contributed by atoms with van der Waals surface area (Å²) in [7, 11) is 0. The van der Waals surface area contributed by atoms with E-state index >= 15 is 0 Å². The molecule has 7 N–H and O–H groups in total. The predicted octanol–water partition coefficient (Wildman–Crippen LogP) is 0.944. The molecule has 0 bridgehead atoms. The normalized spacial score (nSPS) is 21.1. The molecule has 0 radical (unpaired) electrons. The molecule has 1 aliphatic rings. The fourth-order valence-corrected chi connectivity index (χ4v) is 5.15. The Labute approximate surface area is 265 Å². The van der Waals surface area contributed by atoms with Crippen molar-refractivity contribution in [2.45, 2.75) is 51.2 Å². The summed E-state index contributed by atoms with van der Waals surface area (Å²) < 4.78 is 7.12. The van der Waals surface area contributed by atoms with Crippen LogP contribution >= 0.6 is 22.6 Å². The lowest BCUT2D eigenvalue weighted by Gasteiger charge is -2.27. The zero-order valence-corrected chi connectivity index (χ0v) is 26.5. The van der Waals surface area contributed by atoms with Crippen molar-refractivity contribution >= 4 is 46.3 Å². The van der Waals surface area contributed by atoms with Crippen molar-refractivity contribution in [2.24, 2.45) is 16.6 Å². The lowest BCUT2D eigenvalue weighted by Crippen LogP contribution is -2.59. The lowest BCUT2D eigenvalue weighted by molar-refractivity contribution is -0.133. The molecule has 3 rings (SSSR count). The van der Waals surface area contributed by atoms with Crippen LogP contribution in [0.1, 0.15) is 31.4 Å². The van der Waals surface area contributed by atoms with E-state index in [9.17, 15) is 14.4 Å². The molecule has 0 aliphatic carbocycles. The van der Waals surface area contributed by atoms with Crippen molar-refractivity contribution in [3.05, 3.63) is 63.2 Å². The highest BCUT2D eigenvalue weighted by Crippen LogP contribution is 2.19. The molecule has 13 heteroatoms. The number of hydrogen-bond donors (Lipinski definition) is 6. The van der Waals surface area contributed by atoms with Gasteiger partial charge < -0.3 is 31.7 Å². The highest BCUT2D eigenvalue weighted by molar-refractivity contribution is 14.1. The van der Waals surface area contributed by atoms with Gasteiger partial charge in [0.25, 0.3) is 0 Å². The molecule has 1 heterocycles. The van der Waals surface area contributed by atoms with Gasteiger partial charge >= 0.3 is 0 Å². The van der Waals surface area contributed by atoms with E-state index in [2.05, 4.69) is 54.2 Å². The number of aliphatic imine (C=N–C) groups is 1. The van der Waals surface area contributed by atoms with E-state index in [0.717, 1.165) is 20.4 Å². The average molecular weight is 703 g/mol. The summed E-state index contributed by atoms with van der Waals surface area (Å²) in [5, 5.41) is 22.8. The molecule has 3 amide bonds. The Kier molecular flexibility index (Phi) is 13.5. The fraction of sp³-hybridized carbons (Fsp3) is 0.433. The van der Waals surface area contributed by atoms with Crippen LogP contribution in [-0.2, 0) is 27.2 Å². The first-order valence-electron chi connectivity index (χ1n) is 14.2. The minimum Gasteiger partial charge on any atom is -0.492 e. The first-order valence-corrected chi connectivity index (χ1v) is 15.3. The van der Waals surface area contributed by atoms with Gasteiger partial charge in [-0.2, -0.15) is 5.26 Å². The summed E-state index contributed by atoms with van der Waals surface area (Å²) in [4.78, 5) is 44.3. The SMILES string of the molecule is CC(C)[C@H]1NC(=O)[C@@H](Cc2cccc(I)c2)NCCOc2ccccc2CCCNC(=O)[C@H](CN=C(N)NC#N)NC1=O. The Morgan fingerprint density at radius 2 is 1.88 bits per heavy atom. The Morgan fingerprint density at radius 1 is 1.09 bits per heavy atom. The molecule has 0 fully saturated rings. The van der Waals surface area contributed by atoms with Crippen LogP contribution in [0.4, 0.5) is 0 Å². The zero-order chi connectivity index (χ0) is 31.2. The molecule has 0 unspecified atom stereocenters. The number of hydrogen-bond acceptors (Lipinski definition) is 7. The van der Waals surface area contributed by atoms with Gasteiger partial charge in [-0.25, -0.2) is 4.99 Å². The summed E-state index contributed by atoms with van der Waals surface area (Å²) in [6.45, 7) is 4.51. The van der Waals surface area contributed by atoms with Gasteiger partial charge in [0.05, 0.1) is 12.6 Å². The van der Waals surface area contributed by atoms with Crippen LogP contribution in [0.2, 0.25) is 0 Å². The van der Waals surface area contributed by atoms with E-state index in [1.807, 2.05) is 62.4 Å². The molecule has 1 aliphatic heterocycles. The molecule has 0 aromatic heterocycles. The summed E-state index contributed by atoms with van der Waals surface area (Å²) in [5.41, 5.74) is 7.64. The fourth-order valence-electron chi connectivity index (χ4n) is 4.55. The number of nitrogens with zero attached hydrogens (tertiary/aromatic N) is 2. The van der Waals surface area contributed by atoms with E-state index in [1.165, 1.54) is 0 Å². The van der Waals surface area contributed by atoms with Crippen molar-refractivity contribution in [2.75, 3.05) is 26.2 Å². The van der Waals surface area contributed by atoms with Gasteiger partial charge in [-0.15, -0.1) is 0 Å². The van der Waals surface area contributed by atoms with Crippen molar-refractivity contribution in [3.63, 3.8) is 0 Å². The van der Waals surface area contributed by atoms with Crippen LogP contribution in [0.15, 0.2) is 53.5 Å². The number of rotatable bonds is 5. The molecule has 3 atom stereocenters. The van der Waals surface area contributed by atoms with Crippen LogP contribution in [0.25, 0.3) is 0 Å².